The van der Waals surface area contributed by atoms with Crippen LogP contribution >= 0.6 is 0 Å². The highest BCUT2D eigenvalue weighted by Crippen LogP contribution is 2.14. The van der Waals surface area contributed by atoms with Crippen LogP contribution in [0.4, 0.5) is 0 Å². The average Bonchev–Trinajstić information content (AvgIpc) is 2.60. The van der Waals surface area contributed by atoms with E-state index in [1.165, 1.54) is 0 Å². The van der Waals surface area contributed by atoms with Crippen molar-refractivity contribution in [3.05, 3.63) is 65.7 Å². The molecule has 2 aromatic rings. The number of nitrogens with one attached hydrogen (secondary N) is 2. The van der Waals surface area contributed by atoms with Crippen LogP contribution in [0.25, 0.3) is 0 Å². The Bertz CT molecular complexity index is 597. The highest BCUT2D eigenvalue weighted by Gasteiger charge is 2.10. The fraction of sp³-hybridized carbons (Fsp3) is 0.316. The molecule has 2 aromatic carbocycles. The molecule has 4 nitrogen and oxygen atoms in total. The SMILES string of the molecule is CNCC(C)C(=O)NCc1ccc(OCc2ccccc2)cc1. The van der Waals surface area contributed by atoms with Crippen molar-refractivity contribution >= 4 is 5.91 Å². The molecule has 0 aliphatic carbocycles. The Balaban J connectivity index is 1.79. The van der Waals surface area contributed by atoms with Crippen molar-refractivity contribution in [3.63, 3.8) is 0 Å². The minimum absolute atomic E-state index is 0.0338. The van der Waals surface area contributed by atoms with Gasteiger partial charge in [-0.15, -0.1) is 0 Å². The third-order valence-corrected chi connectivity index (χ3v) is 3.60. The lowest BCUT2D eigenvalue weighted by molar-refractivity contribution is -0.124. The molecular formula is C19H24N2O2. The first-order valence-electron chi connectivity index (χ1n) is 7.87. The van der Waals surface area contributed by atoms with Gasteiger partial charge in [0.1, 0.15) is 12.4 Å². The van der Waals surface area contributed by atoms with Crippen molar-refractivity contribution in [2.75, 3.05) is 13.6 Å². The van der Waals surface area contributed by atoms with Gasteiger partial charge in [0.2, 0.25) is 5.91 Å². The molecule has 0 heterocycles. The molecule has 0 saturated carbocycles. The number of amides is 1. The number of rotatable bonds is 8. The van der Waals surface area contributed by atoms with Crippen LogP contribution in [0, 0.1) is 5.92 Å². The molecule has 1 unspecified atom stereocenters. The highest BCUT2D eigenvalue weighted by molar-refractivity contribution is 5.78. The lowest BCUT2D eigenvalue weighted by Gasteiger charge is -2.12. The summed E-state index contributed by atoms with van der Waals surface area (Å²) in [6.45, 7) is 3.68. The van der Waals surface area contributed by atoms with Crippen molar-refractivity contribution in [1.29, 1.82) is 0 Å². The van der Waals surface area contributed by atoms with Crippen LogP contribution in [0.15, 0.2) is 54.6 Å². The predicted molar refractivity (Wildman–Crippen MR) is 92.2 cm³/mol. The van der Waals surface area contributed by atoms with Gasteiger partial charge in [-0.1, -0.05) is 49.4 Å². The molecule has 0 radical (unpaired) electrons. The van der Waals surface area contributed by atoms with Gasteiger partial charge in [-0.05, 0) is 30.3 Å². The lowest BCUT2D eigenvalue weighted by atomic mass is 10.1. The van der Waals surface area contributed by atoms with Crippen LogP contribution in [0.5, 0.6) is 5.75 Å². The first-order valence-corrected chi connectivity index (χ1v) is 7.87. The van der Waals surface area contributed by atoms with E-state index in [9.17, 15) is 4.79 Å². The summed E-state index contributed by atoms with van der Waals surface area (Å²) >= 11 is 0. The summed E-state index contributed by atoms with van der Waals surface area (Å²) in [4.78, 5) is 11.9. The van der Waals surface area contributed by atoms with Crippen LogP contribution in [0.2, 0.25) is 0 Å². The number of benzene rings is 2. The Morgan fingerprint density at radius 3 is 2.39 bits per heavy atom. The van der Waals surface area contributed by atoms with Gasteiger partial charge in [-0.25, -0.2) is 0 Å². The van der Waals surface area contributed by atoms with Crippen molar-refractivity contribution in [2.45, 2.75) is 20.1 Å². The summed E-state index contributed by atoms with van der Waals surface area (Å²) in [6, 6.07) is 17.9. The molecular weight excluding hydrogens is 288 g/mol. The molecule has 0 saturated heterocycles. The van der Waals surface area contributed by atoms with Crippen LogP contribution in [0.1, 0.15) is 18.1 Å². The van der Waals surface area contributed by atoms with E-state index >= 15 is 0 Å². The summed E-state index contributed by atoms with van der Waals surface area (Å²) in [7, 11) is 1.85. The Hall–Kier alpha value is -2.33. The van der Waals surface area contributed by atoms with Crippen molar-refractivity contribution in [3.8, 4) is 5.75 Å². The van der Waals surface area contributed by atoms with Crippen LogP contribution in [-0.4, -0.2) is 19.5 Å². The number of hydrogen-bond donors (Lipinski definition) is 2. The second-order valence-electron chi connectivity index (χ2n) is 5.59. The smallest absolute Gasteiger partial charge is 0.224 e. The zero-order chi connectivity index (χ0) is 16.5. The summed E-state index contributed by atoms with van der Waals surface area (Å²) in [5.41, 5.74) is 2.20. The van der Waals surface area contributed by atoms with Crippen LogP contribution in [-0.2, 0) is 17.9 Å². The molecule has 1 amide bonds. The largest absolute Gasteiger partial charge is 0.489 e. The standard InChI is InChI=1S/C19H24N2O2/c1-15(12-20-2)19(22)21-13-16-8-10-18(11-9-16)23-14-17-6-4-3-5-7-17/h3-11,15,20H,12-14H2,1-2H3,(H,21,22). The summed E-state index contributed by atoms with van der Waals surface area (Å²) in [5, 5.41) is 5.95. The summed E-state index contributed by atoms with van der Waals surface area (Å²) in [5.74, 6) is 0.852. The van der Waals surface area contributed by atoms with Gasteiger partial charge in [0.05, 0.1) is 0 Å². The van der Waals surface area contributed by atoms with Crippen LogP contribution < -0.4 is 15.4 Å². The molecule has 0 aromatic heterocycles. The fourth-order valence-corrected chi connectivity index (χ4v) is 2.21. The predicted octanol–water partition coefficient (Wildman–Crippen LogP) is 2.74. The van der Waals surface area contributed by atoms with Gasteiger partial charge in [-0.2, -0.15) is 0 Å². The van der Waals surface area contributed by atoms with Gasteiger partial charge in [-0.3, -0.25) is 4.79 Å². The van der Waals surface area contributed by atoms with E-state index < -0.39 is 0 Å². The van der Waals surface area contributed by atoms with E-state index in [-0.39, 0.29) is 11.8 Å². The molecule has 0 bridgehead atoms. The second-order valence-corrected chi connectivity index (χ2v) is 5.59. The molecule has 122 valence electrons. The fourth-order valence-electron chi connectivity index (χ4n) is 2.21. The van der Waals surface area contributed by atoms with Gasteiger partial charge in [0.15, 0.2) is 0 Å². The maximum atomic E-state index is 11.9. The van der Waals surface area contributed by atoms with E-state index in [1.807, 2.05) is 68.6 Å². The van der Waals surface area contributed by atoms with E-state index in [1.54, 1.807) is 0 Å². The normalized spacial score (nSPS) is 11.7. The van der Waals surface area contributed by atoms with Crippen molar-refractivity contribution in [2.24, 2.45) is 5.92 Å². The van der Waals surface area contributed by atoms with Crippen molar-refractivity contribution in [1.82, 2.24) is 10.6 Å². The number of carbonyl (C=O) groups excluding carboxylic acids is 1. The average molecular weight is 312 g/mol. The highest BCUT2D eigenvalue weighted by atomic mass is 16.5. The molecule has 4 heteroatoms. The zero-order valence-corrected chi connectivity index (χ0v) is 13.7. The second kappa shape index (κ2) is 8.96. The maximum Gasteiger partial charge on any atom is 0.224 e. The Morgan fingerprint density at radius 1 is 1.04 bits per heavy atom. The van der Waals surface area contributed by atoms with E-state index in [0.717, 1.165) is 16.9 Å². The van der Waals surface area contributed by atoms with Gasteiger partial charge in [0, 0.05) is 19.0 Å². The molecule has 0 spiro atoms. The minimum Gasteiger partial charge on any atom is -0.489 e. The van der Waals surface area contributed by atoms with Gasteiger partial charge >= 0.3 is 0 Å². The van der Waals surface area contributed by atoms with E-state index in [0.29, 0.717) is 19.7 Å². The van der Waals surface area contributed by atoms with Gasteiger partial charge < -0.3 is 15.4 Å². The molecule has 0 aliphatic rings. The third-order valence-electron chi connectivity index (χ3n) is 3.60. The third kappa shape index (κ3) is 5.75. The lowest BCUT2D eigenvalue weighted by Crippen LogP contribution is -2.33. The number of ether oxygens (including phenoxy) is 1. The molecule has 1 atom stereocenters. The minimum atomic E-state index is -0.0338. The molecule has 0 fully saturated rings. The Kier molecular flexibility index (Phi) is 6.63. The first-order chi connectivity index (χ1) is 11.2. The van der Waals surface area contributed by atoms with Gasteiger partial charge in [0.25, 0.3) is 0 Å². The Morgan fingerprint density at radius 2 is 1.74 bits per heavy atom. The zero-order valence-electron chi connectivity index (χ0n) is 13.7. The number of hydrogen-bond acceptors (Lipinski definition) is 3. The number of carbonyl (C=O) groups is 1. The van der Waals surface area contributed by atoms with Crippen LogP contribution in [0.3, 0.4) is 0 Å². The molecule has 2 rings (SSSR count). The molecule has 23 heavy (non-hydrogen) atoms. The van der Waals surface area contributed by atoms with E-state index in [4.69, 9.17) is 4.74 Å². The molecule has 2 N–H and O–H groups in total. The van der Waals surface area contributed by atoms with E-state index in [2.05, 4.69) is 10.6 Å². The van der Waals surface area contributed by atoms with Crippen molar-refractivity contribution < 1.29 is 9.53 Å². The summed E-state index contributed by atoms with van der Waals surface area (Å²) in [6.07, 6.45) is 0. The monoisotopic (exact) mass is 312 g/mol. The quantitative estimate of drug-likeness (QED) is 0.788. The topological polar surface area (TPSA) is 50.4 Å². The Labute approximate surface area is 137 Å². The first kappa shape index (κ1) is 17.0. The maximum absolute atomic E-state index is 11.9. The molecule has 0 aliphatic heterocycles. The summed E-state index contributed by atoms with van der Waals surface area (Å²) < 4.78 is 5.75.